The highest BCUT2D eigenvalue weighted by atomic mass is 32.2. The number of hydrogen-bond donors (Lipinski definition) is 1. The number of thiazole rings is 1. The third-order valence-electron chi connectivity index (χ3n) is 2.63. The smallest absolute Gasteiger partial charge is 0.239 e. The molecule has 0 bridgehead atoms. The van der Waals surface area contributed by atoms with Gasteiger partial charge in [-0.1, -0.05) is 42.2 Å². The number of fused-ring (bicyclic) bond motifs is 1. The van der Waals surface area contributed by atoms with Crippen LogP contribution in [0.25, 0.3) is 10.2 Å². The zero-order valence-electron chi connectivity index (χ0n) is 9.71. The normalized spacial score (nSPS) is 21.7. The summed E-state index contributed by atoms with van der Waals surface area (Å²) in [6.45, 7) is 2.00. The molecule has 1 fully saturated rings. The van der Waals surface area contributed by atoms with Crippen molar-refractivity contribution in [2.45, 2.75) is 18.6 Å². The number of amides is 1. The Kier molecular flexibility index (Phi) is 3.05. The molecule has 3 rings (SSSR count). The van der Waals surface area contributed by atoms with Crippen molar-refractivity contribution in [3.05, 3.63) is 24.3 Å². The van der Waals surface area contributed by atoms with Crippen LogP contribution >= 0.6 is 23.1 Å². The number of nitrogens with zero attached hydrogens (tertiary/aromatic N) is 2. The van der Waals surface area contributed by atoms with Crippen LogP contribution < -0.4 is 5.32 Å². The van der Waals surface area contributed by atoms with Gasteiger partial charge in [0.05, 0.1) is 15.5 Å². The van der Waals surface area contributed by atoms with Crippen LogP contribution in [0.2, 0.25) is 0 Å². The van der Waals surface area contributed by atoms with Crippen molar-refractivity contribution in [1.82, 2.24) is 10.3 Å². The predicted molar refractivity (Wildman–Crippen MR) is 76.5 cm³/mol. The second-order valence-corrected chi connectivity index (χ2v) is 6.09. The van der Waals surface area contributed by atoms with Gasteiger partial charge in [0, 0.05) is 0 Å². The van der Waals surface area contributed by atoms with Crippen molar-refractivity contribution in [3.63, 3.8) is 0 Å². The van der Waals surface area contributed by atoms with E-state index in [1.807, 2.05) is 31.2 Å². The molecule has 1 atom stereocenters. The summed E-state index contributed by atoms with van der Waals surface area (Å²) in [6.07, 6.45) is 0.815. The summed E-state index contributed by atoms with van der Waals surface area (Å²) in [5.41, 5.74) is 0.947. The molecule has 92 valence electrons. The highest BCUT2D eigenvalue weighted by molar-refractivity contribution is 8.15. The van der Waals surface area contributed by atoms with Crippen molar-refractivity contribution < 1.29 is 4.79 Å². The first-order valence-electron chi connectivity index (χ1n) is 5.68. The third-order valence-corrected chi connectivity index (χ3v) is 4.81. The summed E-state index contributed by atoms with van der Waals surface area (Å²) < 4.78 is 1.11. The fourth-order valence-electron chi connectivity index (χ4n) is 1.72. The molecule has 6 heteroatoms. The van der Waals surface area contributed by atoms with Crippen LogP contribution in [0.15, 0.2) is 29.3 Å². The van der Waals surface area contributed by atoms with E-state index in [2.05, 4.69) is 15.3 Å². The first kappa shape index (κ1) is 11.7. The van der Waals surface area contributed by atoms with E-state index < -0.39 is 0 Å². The van der Waals surface area contributed by atoms with E-state index in [9.17, 15) is 4.79 Å². The fraction of sp³-hybridized carbons (Fsp3) is 0.250. The van der Waals surface area contributed by atoms with E-state index in [1.54, 1.807) is 0 Å². The number of aromatic nitrogens is 1. The van der Waals surface area contributed by atoms with Gasteiger partial charge in [-0.25, -0.2) is 4.98 Å². The lowest BCUT2D eigenvalue weighted by atomic mass is 10.3. The Labute approximate surface area is 113 Å². The molecule has 0 aliphatic carbocycles. The lowest BCUT2D eigenvalue weighted by Gasteiger charge is -1.95. The van der Waals surface area contributed by atoms with Gasteiger partial charge < -0.3 is 5.32 Å². The molecule has 2 heterocycles. The van der Waals surface area contributed by atoms with Gasteiger partial charge in [0.15, 0.2) is 5.17 Å². The first-order chi connectivity index (χ1) is 8.76. The minimum Gasteiger partial charge on any atom is -0.304 e. The number of amidine groups is 1. The number of benzene rings is 1. The lowest BCUT2D eigenvalue weighted by molar-refractivity contribution is -0.118. The van der Waals surface area contributed by atoms with Gasteiger partial charge in [-0.2, -0.15) is 4.99 Å². The number of hydrogen-bond acceptors (Lipinski definition) is 5. The SMILES string of the molecule is CCC1S/C(=N\c2nc3ccccc3s2)NC1=O. The van der Waals surface area contributed by atoms with Gasteiger partial charge in [0.2, 0.25) is 11.0 Å². The molecule has 1 N–H and O–H groups in total. The molecule has 1 aliphatic heterocycles. The largest absolute Gasteiger partial charge is 0.304 e. The highest BCUT2D eigenvalue weighted by Crippen LogP contribution is 2.30. The molecule has 0 spiro atoms. The average Bonchev–Trinajstić information content (AvgIpc) is 2.92. The van der Waals surface area contributed by atoms with Crippen molar-refractivity contribution in [1.29, 1.82) is 0 Å². The topological polar surface area (TPSA) is 54.4 Å². The molecular formula is C12H11N3OS2. The summed E-state index contributed by atoms with van der Waals surface area (Å²) in [6, 6.07) is 7.92. The Morgan fingerprint density at radius 1 is 1.44 bits per heavy atom. The van der Waals surface area contributed by atoms with Crippen LogP contribution in [-0.4, -0.2) is 21.3 Å². The summed E-state index contributed by atoms with van der Waals surface area (Å²) in [5, 5.41) is 4.12. The number of carbonyl (C=O) groups is 1. The van der Waals surface area contributed by atoms with Crippen molar-refractivity contribution in [2.24, 2.45) is 4.99 Å². The van der Waals surface area contributed by atoms with Crippen molar-refractivity contribution in [3.8, 4) is 0 Å². The second kappa shape index (κ2) is 4.70. The van der Waals surface area contributed by atoms with Crippen molar-refractivity contribution >= 4 is 49.5 Å². The van der Waals surface area contributed by atoms with Gasteiger partial charge in [0.25, 0.3) is 0 Å². The summed E-state index contributed by atoms with van der Waals surface area (Å²) in [5.74, 6) is 0.0439. The van der Waals surface area contributed by atoms with E-state index in [0.29, 0.717) is 10.3 Å². The lowest BCUT2D eigenvalue weighted by Crippen LogP contribution is -2.24. The maximum Gasteiger partial charge on any atom is 0.239 e. The van der Waals surface area contributed by atoms with E-state index >= 15 is 0 Å². The monoisotopic (exact) mass is 277 g/mol. The first-order valence-corrected chi connectivity index (χ1v) is 7.37. The number of carbonyl (C=O) groups excluding carboxylic acids is 1. The van der Waals surface area contributed by atoms with Crippen LogP contribution in [0.4, 0.5) is 5.13 Å². The average molecular weight is 277 g/mol. The molecule has 1 unspecified atom stereocenters. The molecule has 18 heavy (non-hydrogen) atoms. The Bertz CT molecular complexity index is 602. The summed E-state index contributed by atoms with van der Waals surface area (Å²) >= 11 is 3.01. The minimum absolute atomic E-state index is 0.0156. The van der Waals surface area contributed by atoms with E-state index in [0.717, 1.165) is 16.6 Å². The van der Waals surface area contributed by atoms with Gasteiger partial charge in [-0.3, -0.25) is 4.79 Å². The molecule has 0 radical (unpaired) electrons. The minimum atomic E-state index is -0.0156. The number of para-hydroxylation sites is 1. The predicted octanol–water partition coefficient (Wildman–Crippen LogP) is 2.93. The number of thioether (sulfide) groups is 1. The molecule has 1 aromatic heterocycles. The molecule has 4 nitrogen and oxygen atoms in total. The molecular weight excluding hydrogens is 266 g/mol. The van der Waals surface area contributed by atoms with E-state index in [-0.39, 0.29) is 11.2 Å². The Balaban J connectivity index is 1.90. The van der Waals surface area contributed by atoms with E-state index in [1.165, 1.54) is 23.1 Å². The summed E-state index contributed by atoms with van der Waals surface area (Å²) in [4.78, 5) is 20.4. The molecule has 1 aliphatic rings. The maximum atomic E-state index is 11.5. The van der Waals surface area contributed by atoms with Crippen LogP contribution in [0.1, 0.15) is 13.3 Å². The number of rotatable bonds is 2. The van der Waals surface area contributed by atoms with Crippen molar-refractivity contribution in [2.75, 3.05) is 0 Å². The molecule has 2 aromatic rings. The van der Waals surface area contributed by atoms with Crippen LogP contribution in [-0.2, 0) is 4.79 Å². The summed E-state index contributed by atoms with van der Waals surface area (Å²) in [7, 11) is 0. The Morgan fingerprint density at radius 2 is 2.28 bits per heavy atom. The number of aliphatic imine (C=N–C) groups is 1. The second-order valence-electron chi connectivity index (χ2n) is 3.89. The zero-order valence-corrected chi connectivity index (χ0v) is 11.3. The molecule has 0 saturated carbocycles. The third kappa shape index (κ3) is 2.13. The maximum absolute atomic E-state index is 11.5. The van der Waals surface area contributed by atoms with Gasteiger partial charge in [-0.05, 0) is 18.6 Å². The molecule has 1 amide bonds. The Morgan fingerprint density at radius 3 is 3.00 bits per heavy atom. The standard InChI is InChI=1S/C12H11N3OS2/c1-2-8-10(16)14-12(17-8)15-11-13-7-5-3-4-6-9(7)18-11/h3-6,8H,2H2,1H3,(H,13,14,15,16). The molecule has 1 aromatic carbocycles. The van der Waals surface area contributed by atoms with E-state index in [4.69, 9.17) is 0 Å². The van der Waals surface area contributed by atoms with Crippen LogP contribution in [0, 0.1) is 0 Å². The zero-order chi connectivity index (χ0) is 12.5. The molecule has 1 saturated heterocycles. The highest BCUT2D eigenvalue weighted by Gasteiger charge is 2.28. The van der Waals surface area contributed by atoms with Crippen LogP contribution in [0.3, 0.4) is 0 Å². The number of nitrogens with one attached hydrogen (secondary N) is 1. The quantitative estimate of drug-likeness (QED) is 0.918. The van der Waals surface area contributed by atoms with Crippen LogP contribution in [0.5, 0.6) is 0 Å². The van der Waals surface area contributed by atoms with Gasteiger partial charge >= 0.3 is 0 Å². The van der Waals surface area contributed by atoms with Gasteiger partial charge in [-0.15, -0.1) is 0 Å². The van der Waals surface area contributed by atoms with Gasteiger partial charge in [0.1, 0.15) is 0 Å². The fourth-order valence-corrected chi connectivity index (χ4v) is 3.52. The Hall–Kier alpha value is -1.40.